The molecule has 2 aliphatic rings. The van der Waals surface area contributed by atoms with E-state index >= 15 is 0 Å². The highest BCUT2D eigenvalue weighted by Gasteiger charge is 2.28. The van der Waals surface area contributed by atoms with Crippen LogP contribution in [0.4, 0.5) is 11.4 Å². The van der Waals surface area contributed by atoms with Crippen LogP contribution in [0.3, 0.4) is 0 Å². The SMILES string of the molecule is COC(=O)/C=C/c1cccc(N(Cc2ccc3c(c2)CCc2cc(N(C)C)ccc2-3)C(=O)C2CCCCC2)c1. The third kappa shape index (κ3) is 6.08. The number of carbonyl (C=O) groups excluding carboxylic acids is 2. The zero-order valence-corrected chi connectivity index (χ0v) is 23.3. The van der Waals surface area contributed by atoms with E-state index in [-0.39, 0.29) is 11.8 Å². The van der Waals surface area contributed by atoms with E-state index in [1.54, 1.807) is 6.08 Å². The molecule has 202 valence electrons. The fourth-order valence-electron chi connectivity index (χ4n) is 5.89. The maximum atomic E-state index is 13.9. The molecular formula is C34H38N2O3. The Labute approximate surface area is 232 Å². The fraction of sp³-hybridized carbons (Fsp3) is 0.353. The van der Waals surface area contributed by atoms with Crippen molar-refractivity contribution < 1.29 is 14.3 Å². The minimum atomic E-state index is -0.399. The molecule has 1 amide bonds. The number of fused-ring (bicyclic) bond motifs is 3. The number of carbonyl (C=O) groups is 2. The van der Waals surface area contributed by atoms with E-state index < -0.39 is 5.97 Å². The summed E-state index contributed by atoms with van der Waals surface area (Å²) in [6.45, 7) is 0.527. The van der Waals surface area contributed by atoms with Crippen LogP contribution < -0.4 is 9.80 Å². The number of hydrogen-bond donors (Lipinski definition) is 0. The minimum absolute atomic E-state index is 0.0587. The number of esters is 1. The smallest absolute Gasteiger partial charge is 0.330 e. The molecule has 5 heteroatoms. The molecule has 0 bridgehead atoms. The molecule has 0 heterocycles. The Morgan fingerprint density at radius 2 is 1.59 bits per heavy atom. The summed E-state index contributed by atoms with van der Waals surface area (Å²) in [6, 6.07) is 21.3. The van der Waals surface area contributed by atoms with Crippen molar-refractivity contribution in [2.24, 2.45) is 5.92 Å². The van der Waals surface area contributed by atoms with Gasteiger partial charge in [-0.25, -0.2) is 4.79 Å². The van der Waals surface area contributed by atoms with Gasteiger partial charge in [0.2, 0.25) is 5.91 Å². The molecule has 0 radical (unpaired) electrons. The predicted molar refractivity (Wildman–Crippen MR) is 159 cm³/mol. The standard InChI is InChI=1S/C34H38N2O3/c1-35(2)29-16-18-32-28(22-29)15-14-27-20-25(12-17-31(27)32)23-36(34(38)26-9-5-4-6-10-26)30-11-7-8-24(21-30)13-19-33(37)39-3/h7-8,11-13,16-22,26H,4-6,9-10,14-15,23H2,1-3H3/b19-13+. The van der Waals surface area contributed by atoms with Crippen LogP contribution in [0.1, 0.15) is 54.4 Å². The zero-order valence-electron chi connectivity index (χ0n) is 23.3. The molecular weight excluding hydrogens is 484 g/mol. The summed E-state index contributed by atoms with van der Waals surface area (Å²) in [4.78, 5) is 29.6. The lowest BCUT2D eigenvalue weighted by atomic mass is 9.84. The molecule has 0 aromatic heterocycles. The molecule has 0 unspecified atom stereocenters. The highest BCUT2D eigenvalue weighted by Crippen LogP contribution is 2.37. The number of benzene rings is 3. The number of rotatable bonds is 7. The van der Waals surface area contributed by atoms with Crippen LogP contribution in [0.15, 0.2) is 66.7 Å². The van der Waals surface area contributed by atoms with E-state index in [1.165, 1.54) is 47.5 Å². The molecule has 0 atom stereocenters. The van der Waals surface area contributed by atoms with Crippen LogP contribution in [0.25, 0.3) is 17.2 Å². The first-order chi connectivity index (χ1) is 18.9. The number of methoxy groups -OCH3 is 1. The highest BCUT2D eigenvalue weighted by atomic mass is 16.5. The molecule has 0 saturated heterocycles. The first kappa shape index (κ1) is 26.7. The molecule has 1 fully saturated rings. The van der Waals surface area contributed by atoms with E-state index in [9.17, 15) is 9.59 Å². The van der Waals surface area contributed by atoms with Gasteiger partial charge in [-0.1, -0.05) is 55.7 Å². The van der Waals surface area contributed by atoms with Gasteiger partial charge in [-0.2, -0.15) is 0 Å². The molecule has 3 aromatic rings. The maximum absolute atomic E-state index is 13.9. The number of nitrogens with zero attached hydrogens (tertiary/aromatic N) is 2. The zero-order chi connectivity index (χ0) is 27.4. The van der Waals surface area contributed by atoms with Gasteiger partial charge in [-0.3, -0.25) is 4.79 Å². The van der Waals surface area contributed by atoms with E-state index in [0.29, 0.717) is 6.54 Å². The second-order valence-electron chi connectivity index (χ2n) is 10.9. The lowest BCUT2D eigenvalue weighted by molar-refractivity contribution is -0.134. The van der Waals surface area contributed by atoms with Crippen molar-refractivity contribution in [1.29, 1.82) is 0 Å². The van der Waals surface area contributed by atoms with Crippen molar-refractivity contribution in [2.45, 2.75) is 51.5 Å². The number of anilines is 2. The van der Waals surface area contributed by atoms with Crippen LogP contribution in [0, 0.1) is 5.92 Å². The summed E-state index contributed by atoms with van der Waals surface area (Å²) in [7, 11) is 5.53. The van der Waals surface area contributed by atoms with Crippen LogP contribution in [-0.2, 0) is 33.7 Å². The summed E-state index contributed by atoms with van der Waals surface area (Å²) in [6.07, 6.45) is 10.5. The molecule has 2 aliphatic carbocycles. The lowest BCUT2D eigenvalue weighted by Crippen LogP contribution is -2.36. The summed E-state index contributed by atoms with van der Waals surface area (Å²) < 4.78 is 4.74. The van der Waals surface area contributed by atoms with Crippen molar-refractivity contribution >= 4 is 29.3 Å². The third-order valence-corrected chi connectivity index (χ3v) is 8.08. The molecule has 0 aliphatic heterocycles. The van der Waals surface area contributed by atoms with Crippen LogP contribution in [0.2, 0.25) is 0 Å². The summed E-state index contributed by atoms with van der Waals surface area (Å²) >= 11 is 0. The Bertz CT molecular complexity index is 1380. The summed E-state index contributed by atoms with van der Waals surface area (Å²) in [5.41, 5.74) is 9.44. The second kappa shape index (κ2) is 11.9. The van der Waals surface area contributed by atoms with Crippen molar-refractivity contribution in [3.05, 3.63) is 89.0 Å². The second-order valence-corrected chi connectivity index (χ2v) is 10.9. The third-order valence-electron chi connectivity index (χ3n) is 8.08. The quantitative estimate of drug-likeness (QED) is 0.252. The number of aryl methyl sites for hydroxylation is 2. The van der Waals surface area contributed by atoms with Crippen molar-refractivity contribution in [3.8, 4) is 11.1 Å². The first-order valence-electron chi connectivity index (χ1n) is 14.0. The van der Waals surface area contributed by atoms with Crippen molar-refractivity contribution in [2.75, 3.05) is 31.0 Å². The van der Waals surface area contributed by atoms with E-state index in [1.807, 2.05) is 29.2 Å². The number of amides is 1. The monoisotopic (exact) mass is 522 g/mol. The molecule has 1 saturated carbocycles. The van der Waals surface area contributed by atoms with Gasteiger partial charge in [-0.15, -0.1) is 0 Å². The van der Waals surface area contributed by atoms with Gasteiger partial charge in [0.25, 0.3) is 0 Å². The van der Waals surface area contributed by atoms with E-state index in [0.717, 1.165) is 55.3 Å². The largest absolute Gasteiger partial charge is 0.466 e. The van der Waals surface area contributed by atoms with Gasteiger partial charge in [0.15, 0.2) is 0 Å². The molecule has 5 rings (SSSR count). The van der Waals surface area contributed by atoms with Gasteiger partial charge in [-0.05, 0) is 89.4 Å². The maximum Gasteiger partial charge on any atom is 0.330 e. The average molecular weight is 523 g/mol. The van der Waals surface area contributed by atoms with Crippen LogP contribution in [0.5, 0.6) is 0 Å². The Kier molecular flexibility index (Phi) is 8.16. The molecule has 0 spiro atoms. The van der Waals surface area contributed by atoms with Crippen molar-refractivity contribution in [1.82, 2.24) is 0 Å². The molecule has 5 nitrogen and oxygen atoms in total. The summed E-state index contributed by atoms with van der Waals surface area (Å²) in [5, 5.41) is 0. The Hall–Kier alpha value is -3.86. The molecule has 39 heavy (non-hydrogen) atoms. The van der Waals surface area contributed by atoms with Gasteiger partial charge in [0, 0.05) is 37.5 Å². The normalized spacial score (nSPS) is 14.9. The lowest BCUT2D eigenvalue weighted by Gasteiger charge is -2.30. The first-order valence-corrected chi connectivity index (χ1v) is 14.0. The fourth-order valence-corrected chi connectivity index (χ4v) is 5.89. The van der Waals surface area contributed by atoms with Gasteiger partial charge in [0.1, 0.15) is 0 Å². The topological polar surface area (TPSA) is 49.9 Å². The van der Waals surface area contributed by atoms with Crippen LogP contribution in [-0.4, -0.2) is 33.1 Å². The van der Waals surface area contributed by atoms with Crippen LogP contribution >= 0.6 is 0 Å². The van der Waals surface area contributed by atoms with Gasteiger partial charge in [0.05, 0.1) is 13.7 Å². The van der Waals surface area contributed by atoms with E-state index in [2.05, 4.69) is 55.4 Å². The average Bonchev–Trinajstić information content (AvgIpc) is 2.98. The number of ether oxygens (including phenoxy) is 1. The predicted octanol–water partition coefficient (Wildman–Crippen LogP) is 6.82. The number of hydrogen-bond acceptors (Lipinski definition) is 4. The minimum Gasteiger partial charge on any atom is -0.466 e. The molecule has 3 aromatic carbocycles. The Balaban J connectivity index is 1.45. The summed E-state index contributed by atoms with van der Waals surface area (Å²) in [5.74, 6) is -0.143. The molecule has 0 N–H and O–H groups in total. The Morgan fingerprint density at radius 1 is 0.872 bits per heavy atom. The van der Waals surface area contributed by atoms with Crippen molar-refractivity contribution in [3.63, 3.8) is 0 Å². The van der Waals surface area contributed by atoms with Gasteiger partial charge < -0.3 is 14.5 Å². The van der Waals surface area contributed by atoms with Gasteiger partial charge >= 0.3 is 5.97 Å². The Morgan fingerprint density at radius 3 is 2.31 bits per heavy atom. The highest BCUT2D eigenvalue weighted by molar-refractivity contribution is 5.95. The van der Waals surface area contributed by atoms with E-state index in [4.69, 9.17) is 4.74 Å².